The third-order valence-electron chi connectivity index (χ3n) is 11.0. The van der Waals surface area contributed by atoms with Gasteiger partial charge in [0.05, 0.1) is 11.0 Å². The number of aromatic nitrogens is 4. The second-order valence-corrected chi connectivity index (χ2v) is 14.4. The molecule has 6 heteroatoms. The van der Waals surface area contributed by atoms with E-state index in [0.717, 1.165) is 88.4 Å². The Balaban J connectivity index is 1.06. The van der Waals surface area contributed by atoms with Gasteiger partial charge in [0.25, 0.3) is 0 Å². The molecule has 0 N–H and O–H groups in total. The van der Waals surface area contributed by atoms with Crippen molar-refractivity contribution in [2.24, 2.45) is 0 Å². The van der Waals surface area contributed by atoms with Gasteiger partial charge in [0.15, 0.2) is 17.5 Å². The molecule has 0 unspecified atom stereocenters. The average Bonchev–Trinajstić information content (AvgIpc) is 3.95. The van der Waals surface area contributed by atoms with Crippen molar-refractivity contribution in [3.05, 3.63) is 182 Å². The second-order valence-electron chi connectivity index (χ2n) is 14.4. The zero-order chi connectivity index (χ0) is 37.5. The van der Waals surface area contributed by atoms with Gasteiger partial charge in [-0.3, -0.25) is 0 Å². The largest absolute Gasteiger partial charge is 0.456 e. The first-order chi connectivity index (χ1) is 28.2. The van der Waals surface area contributed by atoms with E-state index in [0.29, 0.717) is 17.5 Å². The lowest BCUT2D eigenvalue weighted by Gasteiger charge is -2.10. The normalized spacial score (nSPS) is 11.9. The molecule has 0 spiro atoms. The number of para-hydroxylation sites is 3. The maximum Gasteiger partial charge on any atom is 0.164 e. The summed E-state index contributed by atoms with van der Waals surface area (Å²) in [4.78, 5) is 15.5. The van der Waals surface area contributed by atoms with Crippen molar-refractivity contribution in [2.45, 2.75) is 0 Å². The van der Waals surface area contributed by atoms with Crippen molar-refractivity contribution < 1.29 is 8.83 Å². The topological polar surface area (TPSA) is 69.9 Å². The summed E-state index contributed by atoms with van der Waals surface area (Å²) < 4.78 is 15.3. The maximum atomic E-state index is 6.70. The average molecular weight is 731 g/mol. The lowest BCUT2D eigenvalue weighted by Crippen LogP contribution is -2.00. The fourth-order valence-electron chi connectivity index (χ4n) is 8.42. The summed E-state index contributed by atoms with van der Waals surface area (Å²) in [6.07, 6.45) is 0. The van der Waals surface area contributed by atoms with Crippen molar-refractivity contribution in [1.82, 2.24) is 19.5 Å². The summed E-state index contributed by atoms with van der Waals surface area (Å²) in [7, 11) is 0. The number of hydrogen-bond donors (Lipinski definition) is 0. The Morgan fingerprint density at radius 1 is 0.333 bits per heavy atom. The van der Waals surface area contributed by atoms with Gasteiger partial charge in [-0.25, -0.2) is 15.0 Å². The van der Waals surface area contributed by atoms with Crippen LogP contribution in [0.1, 0.15) is 0 Å². The van der Waals surface area contributed by atoms with E-state index in [1.807, 2.05) is 42.5 Å². The van der Waals surface area contributed by atoms with E-state index >= 15 is 0 Å². The van der Waals surface area contributed by atoms with Crippen molar-refractivity contribution in [3.8, 4) is 51.0 Å². The summed E-state index contributed by atoms with van der Waals surface area (Å²) in [5.74, 6) is 1.70. The number of benzene rings is 8. The van der Waals surface area contributed by atoms with Crippen molar-refractivity contribution >= 4 is 65.7 Å². The Morgan fingerprint density at radius 3 is 1.82 bits per heavy atom. The molecule has 6 nitrogen and oxygen atoms in total. The van der Waals surface area contributed by atoms with Crippen LogP contribution >= 0.6 is 0 Å². The molecular weight excluding hydrogens is 701 g/mol. The van der Waals surface area contributed by atoms with E-state index in [1.54, 1.807) is 0 Å². The predicted molar refractivity (Wildman–Crippen MR) is 230 cm³/mol. The molecule has 0 atom stereocenters. The highest BCUT2D eigenvalue weighted by molar-refractivity contribution is 6.17. The number of hydrogen-bond acceptors (Lipinski definition) is 5. The quantitative estimate of drug-likeness (QED) is 0.176. The third kappa shape index (κ3) is 5.01. The minimum Gasteiger partial charge on any atom is -0.456 e. The molecule has 0 aliphatic rings. The molecule has 57 heavy (non-hydrogen) atoms. The fourth-order valence-corrected chi connectivity index (χ4v) is 8.42. The highest BCUT2D eigenvalue weighted by Crippen LogP contribution is 2.40. The summed E-state index contributed by atoms with van der Waals surface area (Å²) in [5.41, 5.74) is 11.4. The second kappa shape index (κ2) is 12.3. The Labute approximate surface area is 325 Å². The van der Waals surface area contributed by atoms with Crippen molar-refractivity contribution in [1.29, 1.82) is 0 Å². The van der Waals surface area contributed by atoms with Crippen LogP contribution < -0.4 is 0 Å². The first kappa shape index (κ1) is 31.5. The van der Waals surface area contributed by atoms with E-state index < -0.39 is 0 Å². The zero-order valence-corrected chi connectivity index (χ0v) is 30.4. The highest BCUT2D eigenvalue weighted by atomic mass is 16.3. The van der Waals surface area contributed by atoms with Crippen LogP contribution in [-0.2, 0) is 0 Å². The van der Waals surface area contributed by atoms with Crippen LogP contribution in [0.5, 0.6) is 0 Å². The van der Waals surface area contributed by atoms with Gasteiger partial charge in [-0.2, -0.15) is 0 Å². The molecule has 0 fully saturated rings. The fraction of sp³-hybridized carbons (Fsp3) is 0. The van der Waals surface area contributed by atoms with Gasteiger partial charge in [-0.15, -0.1) is 0 Å². The van der Waals surface area contributed by atoms with Crippen LogP contribution in [0, 0.1) is 0 Å². The zero-order valence-electron chi connectivity index (χ0n) is 30.4. The standard InChI is InChI=1S/C51H30N4O2/c1-3-13-31(14-4-1)32-15-11-16-33(27-32)49-52-50(54-51(53-49)39-21-12-24-45-48(39)38-20-8-10-23-44(38)56-45)34-25-26-37-41-29-40-36-19-7-9-22-42(36)55(35-17-5-2-6-18-35)43(40)30-47(41)57-46(37)28-34/h1-30H. The molecule has 0 radical (unpaired) electrons. The van der Waals surface area contributed by atoms with Crippen LogP contribution in [0.3, 0.4) is 0 Å². The van der Waals surface area contributed by atoms with Gasteiger partial charge >= 0.3 is 0 Å². The first-order valence-corrected chi connectivity index (χ1v) is 19.0. The summed E-state index contributed by atoms with van der Waals surface area (Å²) in [6, 6.07) is 62.7. The molecule has 0 aliphatic carbocycles. The molecule has 12 rings (SSSR count). The predicted octanol–water partition coefficient (Wildman–Crippen LogP) is 13.4. The van der Waals surface area contributed by atoms with E-state index in [2.05, 4.69) is 144 Å². The SMILES string of the molecule is c1ccc(-c2cccc(-c3nc(-c4ccc5c(c4)oc4cc6c(cc45)c4ccccc4n6-c4ccccc4)nc(-c4cccc5oc6ccccc6c45)n3)c2)cc1. The molecule has 0 aliphatic heterocycles. The highest BCUT2D eigenvalue weighted by Gasteiger charge is 2.20. The van der Waals surface area contributed by atoms with Crippen LogP contribution in [0.15, 0.2) is 191 Å². The summed E-state index contributed by atoms with van der Waals surface area (Å²) in [5, 5.41) is 6.47. The number of furan rings is 2. The lowest BCUT2D eigenvalue weighted by atomic mass is 10.0. The van der Waals surface area contributed by atoms with E-state index in [4.69, 9.17) is 23.8 Å². The monoisotopic (exact) mass is 730 g/mol. The molecule has 266 valence electrons. The lowest BCUT2D eigenvalue weighted by molar-refractivity contribution is 0.669. The smallest absolute Gasteiger partial charge is 0.164 e. The Hall–Kier alpha value is -7.83. The van der Waals surface area contributed by atoms with Gasteiger partial charge in [-0.1, -0.05) is 121 Å². The number of rotatable bonds is 5. The van der Waals surface area contributed by atoms with E-state index in [1.165, 1.54) is 10.8 Å². The van der Waals surface area contributed by atoms with Gasteiger partial charge in [0, 0.05) is 60.8 Å². The van der Waals surface area contributed by atoms with Crippen molar-refractivity contribution in [3.63, 3.8) is 0 Å². The van der Waals surface area contributed by atoms with Gasteiger partial charge in [-0.05, 0) is 65.7 Å². The molecule has 0 saturated carbocycles. The Morgan fingerprint density at radius 2 is 0.965 bits per heavy atom. The molecular formula is C51H30N4O2. The van der Waals surface area contributed by atoms with Crippen LogP contribution in [-0.4, -0.2) is 19.5 Å². The Kier molecular flexibility index (Phi) is 6.83. The van der Waals surface area contributed by atoms with Gasteiger partial charge in [0.2, 0.25) is 0 Å². The van der Waals surface area contributed by atoms with Crippen LogP contribution in [0.4, 0.5) is 0 Å². The number of fused-ring (bicyclic) bond motifs is 9. The Bertz CT molecular complexity index is 3530. The van der Waals surface area contributed by atoms with Gasteiger partial charge < -0.3 is 13.4 Å². The first-order valence-electron chi connectivity index (χ1n) is 19.0. The summed E-state index contributed by atoms with van der Waals surface area (Å²) >= 11 is 0. The summed E-state index contributed by atoms with van der Waals surface area (Å²) in [6.45, 7) is 0. The van der Waals surface area contributed by atoms with Crippen LogP contribution in [0.2, 0.25) is 0 Å². The van der Waals surface area contributed by atoms with E-state index in [9.17, 15) is 0 Å². The molecule has 0 amide bonds. The van der Waals surface area contributed by atoms with Gasteiger partial charge in [0.1, 0.15) is 22.3 Å². The molecule has 0 saturated heterocycles. The minimum atomic E-state index is 0.555. The maximum absolute atomic E-state index is 6.70. The number of nitrogens with zero attached hydrogens (tertiary/aromatic N) is 4. The molecule has 12 aromatic rings. The molecule has 4 aromatic heterocycles. The molecule has 0 bridgehead atoms. The van der Waals surface area contributed by atoms with Crippen molar-refractivity contribution in [2.75, 3.05) is 0 Å². The third-order valence-corrected chi connectivity index (χ3v) is 11.0. The van der Waals surface area contributed by atoms with Crippen LogP contribution in [0.25, 0.3) is 117 Å². The molecule has 4 heterocycles. The minimum absolute atomic E-state index is 0.555. The van der Waals surface area contributed by atoms with E-state index in [-0.39, 0.29) is 0 Å². The molecule has 8 aromatic carbocycles.